The smallest absolute Gasteiger partial charge is 0.255 e. The van der Waals surface area contributed by atoms with Gasteiger partial charge in [-0.25, -0.2) is 0 Å². The highest BCUT2D eigenvalue weighted by molar-refractivity contribution is 6.31. The molecule has 144 valence electrons. The van der Waals surface area contributed by atoms with Crippen LogP contribution in [0.1, 0.15) is 27.0 Å². The number of hydrogen-bond donors (Lipinski definition) is 1. The van der Waals surface area contributed by atoms with Crippen LogP contribution in [0.2, 0.25) is 5.02 Å². The fraction of sp³-hybridized carbons (Fsp3) is 0.174. The highest BCUT2D eigenvalue weighted by Crippen LogP contribution is 2.24. The summed E-state index contributed by atoms with van der Waals surface area (Å²) in [5.74, 6) is 1.21. The van der Waals surface area contributed by atoms with Crippen LogP contribution in [0.25, 0.3) is 0 Å². The number of anilines is 1. The molecule has 1 amide bonds. The molecular weight excluding hydrogens is 374 g/mol. The summed E-state index contributed by atoms with van der Waals surface area (Å²) < 4.78 is 11.2. The van der Waals surface area contributed by atoms with Crippen molar-refractivity contribution in [2.24, 2.45) is 0 Å². The van der Waals surface area contributed by atoms with Gasteiger partial charge in [0.05, 0.1) is 7.11 Å². The average Bonchev–Trinajstić information content (AvgIpc) is 2.70. The lowest BCUT2D eigenvalue weighted by atomic mass is 10.1. The Bertz CT molecular complexity index is 984. The molecule has 0 aliphatic carbocycles. The van der Waals surface area contributed by atoms with Gasteiger partial charge in [0.2, 0.25) is 0 Å². The molecule has 0 spiro atoms. The van der Waals surface area contributed by atoms with Crippen LogP contribution in [-0.2, 0) is 6.61 Å². The predicted octanol–water partition coefficient (Wildman–Crippen LogP) is 5.80. The molecule has 0 radical (unpaired) electrons. The standard InChI is InChI=1S/C23H22ClNO3/c1-15-4-9-20(10-5-15)28-14-18-12-17(7-11-22(18)27-3)23(26)25-19-8-6-16(2)21(24)13-19/h4-13H,14H2,1-3H3,(H,25,26). The van der Waals surface area contributed by atoms with Gasteiger partial charge >= 0.3 is 0 Å². The van der Waals surface area contributed by atoms with Gasteiger partial charge in [-0.2, -0.15) is 0 Å². The molecule has 5 heteroatoms. The Morgan fingerprint density at radius 3 is 2.43 bits per heavy atom. The van der Waals surface area contributed by atoms with Gasteiger partial charge < -0.3 is 14.8 Å². The van der Waals surface area contributed by atoms with Gasteiger partial charge in [-0.1, -0.05) is 35.4 Å². The Kier molecular flexibility index (Phi) is 6.22. The van der Waals surface area contributed by atoms with Crippen molar-refractivity contribution in [2.75, 3.05) is 12.4 Å². The molecule has 0 aliphatic rings. The normalized spacial score (nSPS) is 10.4. The summed E-state index contributed by atoms with van der Waals surface area (Å²) in [5.41, 5.74) is 4.08. The largest absolute Gasteiger partial charge is 0.496 e. The maximum Gasteiger partial charge on any atom is 0.255 e. The third kappa shape index (κ3) is 4.84. The highest BCUT2D eigenvalue weighted by atomic mass is 35.5. The van der Waals surface area contributed by atoms with Crippen LogP contribution >= 0.6 is 11.6 Å². The number of hydrogen-bond acceptors (Lipinski definition) is 3. The van der Waals surface area contributed by atoms with E-state index in [4.69, 9.17) is 21.1 Å². The SMILES string of the molecule is COc1ccc(C(=O)Nc2ccc(C)c(Cl)c2)cc1COc1ccc(C)cc1. The van der Waals surface area contributed by atoms with Gasteiger partial charge in [-0.05, 0) is 61.9 Å². The van der Waals surface area contributed by atoms with Crippen LogP contribution in [0, 0.1) is 13.8 Å². The Morgan fingerprint density at radius 2 is 1.75 bits per heavy atom. The van der Waals surface area contributed by atoms with Gasteiger partial charge in [0.1, 0.15) is 18.1 Å². The van der Waals surface area contributed by atoms with E-state index >= 15 is 0 Å². The Hall–Kier alpha value is -2.98. The molecule has 0 heterocycles. The minimum atomic E-state index is -0.223. The summed E-state index contributed by atoms with van der Waals surface area (Å²) in [6, 6.07) is 18.5. The number of rotatable bonds is 6. The molecule has 0 saturated carbocycles. The number of ether oxygens (including phenoxy) is 2. The van der Waals surface area contributed by atoms with Gasteiger partial charge in [-0.3, -0.25) is 4.79 Å². The summed E-state index contributed by atoms with van der Waals surface area (Å²) in [6.07, 6.45) is 0. The number of methoxy groups -OCH3 is 1. The predicted molar refractivity (Wildman–Crippen MR) is 113 cm³/mol. The minimum absolute atomic E-state index is 0.223. The lowest BCUT2D eigenvalue weighted by Crippen LogP contribution is -2.13. The van der Waals surface area contributed by atoms with E-state index in [-0.39, 0.29) is 5.91 Å². The van der Waals surface area contributed by atoms with E-state index < -0.39 is 0 Å². The molecule has 0 saturated heterocycles. The number of amides is 1. The zero-order valence-electron chi connectivity index (χ0n) is 16.1. The molecule has 0 unspecified atom stereocenters. The van der Waals surface area contributed by atoms with E-state index in [1.54, 1.807) is 31.4 Å². The molecule has 3 rings (SSSR count). The van der Waals surface area contributed by atoms with Crippen LogP contribution in [0.4, 0.5) is 5.69 Å². The van der Waals surface area contributed by atoms with Crippen LogP contribution in [0.5, 0.6) is 11.5 Å². The number of carbonyl (C=O) groups is 1. The maximum absolute atomic E-state index is 12.6. The maximum atomic E-state index is 12.6. The summed E-state index contributed by atoms with van der Waals surface area (Å²) in [4.78, 5) is 12.6. The van der Waals surface area contributed by atoms with E-state index in [0.29, 0.717) is 28.6 Å². The molecule has 0 fully saturated rings. The summed E-state index contributed by atoms with van der Waals surface area (Å²) >= 11 is 6.13. The van der Waals surface area contributed by atoms with E-state index in [0.717, 1.165) is 16.9 Å². The average molecular weight is 396 g/mol. The van der Waals surface area contributed by atoms with Crippen LogP contribution in [0.3, 0.4) is 0 Å². The zero-order valence-corrected chi connectivity index (χ0v) is 16.8. The first-order valence-corrected chi connectivity index (χ1v) is 9.28. The summed E-state index contributed by atoms with van der Waals surface area (Å²) in [6.45, 7) is 4.23. The van der Waals surface area contributed by atoms with Gasteiger partial charge in [0.25, 0.3) is 5.91 Å². The second-order valence-corrected chi connectivity index (χ2v) is 6.95. The van der Waals surface area contributed by atoms with E-state index in [9.17, 15) is 4.79 Å². The summed E-state index contributed by atoms with van der Waals surface area (Å²) in [5, 5.41) is 3.48. The van der Waals surface area contributed by atoms with Crippen LogP contribution < -0.4 is 14.8 Å². The van der Waals surface area contributed by atoms with Crippen LogP contribution in [0.15, 0.2) is 60.7 Å². The topological polar surface area (TPSA) is 47.6 Å². The van der Waals surface area contributed by atoms with Crippen molar-refractivity contribution in [3.05, 3.63) is 87.9 Å². The fourth-order valence-electron chi connectivity index (χ4n) is 2.70. The third-order valence-electron chi connectivity index (χ3n) is 4.39. The molecule has 3 aromatic rings. The first-order valence-electron chi connectivity index (χ1n) is 8.90. The molecule has 0 atom stereocenters. The molecule has 0 aromatic heterocycles. The first-order chi connectivity index (χ1) is 13.5. The number of aryl methyl sites for hydroxylation is 2. The monoisotopic (exact) mass is 395 g/mol. The van der Waals surface area contributed by atoms with Crippen molar-refractivity contribution in [2.45, 2.75) is 20.5 Å². The minimum Gasteiger partial charge on any atom is -0.496 e. The lowest BCUT2D eigenvalue weighted by molar-refractivity contribution is 0.102. The lowest BCUT2D eigenvalue weighted by Gasteiger charge is -2.13. The first kappa shape index (κ1) is 19.8. The molecule has 3 aromatic carbocycles. The number of nitrogens with one attached hydrogen (secondary N) is 1. The molecule has 28 heavy (non-hydrogen) atoms. The molecular formula is C23H22ClNO3. The second-order valence-electron chi connectivity index (χ2n) is 6.55. The second kappa shape index (κ2) is 8.81. The van der Waals surface area contributed by atoms with Gasteiger partial charge in [0.15, 0.2) is 0 Å². The number of halogens is 1. The summed E-state index contributed by atoms with van der Waals surface area (Å²) in [7, 11) is 1.60. The highest BCUT2D eigenvalue weighted by Gasteiger charge is 2.12. The molecule has 0 bridgehead atoms. The fourth-order valence-corrected chi connectivity index (χ4v) is 2.88. The van der Waals surface area contributed by atoms with E-state index in [1.165, 1.54) is 5.56 Å². The van der Waals surface area contributed by atoms with E-state index in [2.05, 4.69) is 5.32 Å². The number of carbonyl (C=O) groups excluding carboxylic acids is 1. The zero-order chi connectivity index (χ0) is 20.1. The Labute approximate surface area is 170 Å². The molecule has 1 N–H and O–H groups in total. The van der Waals surface area contributed by atoms with Crippen molar-refractivity contribution in [1.29, 1.82) is 0 Å². The third-order valence-corrected chi connectivity index (χ3v) is 4.79. The Balaban J connectivity index is 1.76. The molecule has 0 aliphatic heterocycles. The van der Waals surface area contributed by atoms with Gasteiger partial charge in [0, 0.05) is 21.8 Å². The quantitative estimate of drug-likeness (QED) is 0.574. The van der Waals surface area contributed by atoms with Crippen molar-refractivity contribution >= 4 is 23.2 Å². The van der Waals surface area contributed by atoms with Crippen molar-refractivity contribution in [3.63, 3.8) is 0 Å². The van der Waals surface area contributed by atoms with Crippen molar-refractivity contribution in [3.8, 4) is 11.5 Å². The Morgan fingerprint density at radius 1 is 1.00 bits per heavy atom. The molecule has 4 nitrogen and oxygen atoms in total. The van der Waals surface area contributed by atoms with Crippen molar-refractivity contribution in [1.82, 2.24) is 0 Å². The van der Waals surface area contributed by atoms with Crippen LogP contribution in [-0.4, -0.2) is 13.0 Å². The van der Waals surface area contributed by atoms with E-state index in [1.807, 2.05) is 50.2 Å². The number of benzene rings is 3. The van der Waals surface area contributed by atoms with Gasteiger partial charge in [-0.15, -0.1) is 0 Å². The van der Waals surface area contributed by atoms with Crippen molar-refractivity contribution < 1.29 is 14.3 Å².